The van der Waals surface area contributed by atoms with Crippen LogP contribution in [-0.2, 0) is 16.6 Å². The van der Waals surface area contributed by atoms with Gasteiger partial charge in [0, 0.05) is 19.1 Å². The van der Waals surface area contributed by atoms with Crippen LogP contribution in [-0.4, -0.2) is 19.8 Å². The van der Waals surface area contributed by atoms with E-state index in [1.807, 2.05) is 0 Å². The van der Waals surface area contributed by atoms with Crippen LogP contribution in [0.4, 0.5) is 0 Å². The van der Waals surface area contributed by atoms with Crippen molar-refractivity contribution in [2.75, 3.05) is 13.7 Å². The zero-order valence-electron chi connectivity index (χ0n) is 12.3. The van der Waals surface area contributed by atoms with Crippen molar-refractivity contribution < 1.29 is 4.74 Å². The van der Waals surface area contributed by atoms with E-state index in [2.05, 4.69) is 31.2 Å². The van der Waals surface area contributed by atoms with Crippen LogP contribution < -0.4 is 5.73 Å². The van der Waals surface area contributed by atoms with Crippen LogP contribution in [0.2, 0.25) is 0 Å². The van der Waals surface area contributed by atoms with Crippen LogP contribution >= 0.6 is 0 Å². The van der Waals surface area contributed by atoms with E-state index in [0.717, 1.165) is 13.0 Å². The molecule has 2 heteroatoms. The molecule has 1 unspecified atom stereocenters. The van der Waals surface area contributed by atoms with Crippen molar-refractivity contribution in [2.45, 2.75) is 57.0 Å². The summed E-state index contributed by atoms with van der Waals surface area (Å²) in [5.41, 5.74) is 9.16. The molecule has 0 bridgehead atoms. The molecular formula is C17H27NO. The highest BCUT2D eigenvalue weighted by atomic mass is 16.5. The number of nitrogens with two attached hydrogens (primary N) is 1. The Morgan fingerprint density at radius 3 is 2.63 bits per heavy atom. The van der Waals surface area contributed by atoms with E-state index < -0.39 is 0 Å². The van der Waals surface area contributed by atoms with Gasteiger partial charge in [0.1, 0.15) is 0 Å². The van der Waals surface area contributed by atoms with Crippen LogP contribution in [0.15, 0.2) is 24.3 Å². The van der Waals surface area contributed by atoms with Crippen molar-refractivity contribution in [3.05, 3.63) is 35.4 Å². The predicted octanol–water partition coefficient (Wildman–Crippen LogP) is 3.42. The fourth-order valence-electron chi connectivity index (χ4n) is 3.28. The van der Waals surface area contributed by atoms with Gasteiger partial charge in [-0.25, -0.2) is 0 Å². The monoisotopic (exact) mass is 261 g/mol. The Kier molecular flexibility index (Phi) is 5.00. The van der Waals surface area contributed by atoms with Crippen molar-refractivity contribution in [1.29, 1.82) is 0 Å². The zero-order valence-corrected chi connectivity index (χ0v) is 12.3. The molecule has 0 aromatic heterocycles. The van der Waals surface area contributed by atoms with E-state index in [1.165, 1.54) is 43.2 Å². The molecule has 0 amide bonds. The van der Waals surface area contributed by atoms with Crippen molar-refractivity contribution in [2.24, 2.45) is 5.73 Å². The third-order valence-corrected chi connectivity index (χ3v) is 4.67. The summed E-state index contributed by atoms with van der Waals surface area (Å²) in [7, 11) is 1.77. The highest BCUT2D eigenvalue weighted by Gasteiger charge is 2.32. The highest BCUT2D eigenvalue weighted by Crippen LogP contribution is 2.38. The Balaban J connectivity index is 2.21. The number of rotatable bonds is 5. The Morgan fingerprint density at radius 2 is 2.00 bits per heavy atom. The van der Waals surface area contributed by atoms with Gasteiger partial charge < -0.3 is 10.5 Å². The average Bonchev–Trinajstić information content (AvgIpc) is 2.48. The molecule has 0 saturated heterocycles. The molecule has 2 rings (SSSR count). The molecule has 1 aromatic carbocycles. The average molecular weight is 261 g/mol. The molecule has 0 heterocycles. The minimum absolute atomic E-state index is 0.227. The lowest BCUT2D eigenvalue weighted by Gasteiger charge is -2.37. The first-order valence-electron chi connectivity index (χ1n) is 7.52. The van der Waals surface area contributed by atoms with Crippen molar-refractivity contribution >= 4 is 0 Å². The quantitative estimate of drug-likeness (QED) is 0.881. The third kappa shape index (κ3) is 3.37. The van der Waals surface area contributed by atoms with Crippen LogP contribution in [0.1, 0.15) is 50.2 Å². The summed E-state index contributed by atoms with van der Waals surface area (Å²) in [4.78, 5) is 0. The van der Waals surface area contributed by atoms with Gasteiger partial charge in [-0.3, -0.25) is 0 Å². The molecule has 19 heavy (non-hydrogen) atoms. The van der Waals surface area contributed by atoms with E-state index in [1.54, 1.807) is 7.11 Å². The van der Waals surface area contributed by atoms with Gasteiger partial charge in [0.15, 0.2) is 0 Å². The lowest BCUT2D eigenvalue weighted by molar-refractivity contribution is 0.119. The molecule has 1 aliphatic carbocycles. The number of ether oxygens (including phenoxy) is 1. The van der Waals surface area contributed by atoms with Gasteiger partial charge >= 0.3 is 0 Å². The second kappa shape index (κ2) is 6.53. The lowest BCUT2D eigenvalue weighted by Crippen LogP contribution is -2.37. The van der Waals surface area contributed by atoms with Gasteiger partial charge in [-0.15, -0.1) is 0 Å². The first-order chi connectivity index (χ1) is 9.20. The Morgan fingerprint density at radius 1 is 1.26 bits per heavy atom. The minimum atomic E-state index is 0.227. The van der Waals surface area contributed by atoms with Gasteiger partial charge in [0.25, 0.3) is 0 Å². The van der Waals surface area contributed by atoms with Crippen LogP contribution in [0.5, 0.6) is 0 Å². The van der Waals surface area contributed by atoms with Crippen LogP contribution in [0.3, 0.4) is 0 Å². The van der Waals surface area contributed by atoms with Crippen LogP contribution in [0, 0.1) is 0 Å². The SMILES string of the molecule is COC(C)Cc1cccc(C2(CN)CCCCC2)c1. The molecule has 0 radical (unpaired) electrons. The molecular weight excluding hydrogens is 234 g/mol. The molecule has 2 N–H and O–H groups in total. The first kappa shape index (κ1) is 14.5. The van der Waals surface area contributed by atoms with Gasteiger partial charge in [0.05, 0.1) is 6.10 Å². The standard InChI is InChI=1S/C17H27NO/c1-14(19-2)11-15-7-6-8-16(12-15)17(13-18)9-4-3-5-10-17/h6-8,12,14H,3-5,9-11,13,18H2,1-2H3. The molecule has 0 aliphatic heterocycles. The Bertz CT molecular complexity index is 396. The molecule has 0 spiro atoms. The first-order valence-corrected chi connectivity index (χ1v) is 7.52. The molecule has 1 aromatic rings. The molecule has 1 fully saturated rings. The lowest BCUT2D eigenvalue weighted by atomic mass is 9.69. The minimum Gasteiger partial charge on any atom is -0.381 e. The van der Waals surface area contributed by atoms with Gasteiger partial charge in [-0.1, -0.05) is 43.5 Å². The van der Waals surface area contributed by atoms with E-state index in [4.69, 9.17) is 10.5 Å². The van der Waals surface area contributed by atoms with Gasteiger partial charge in [0.2, 0.25) is 0 Å². The maximum Gasteiger partial charge on any atom is 0.0583 e. The maximum atomic E-state index is 6.12. The number of hydrogen-bond acceptors (Lipinski definition) is 2. The Labute approximate surface area is 117 Å². The topological polar surface area (TPSA) is 35.2 Å². The fraction of sp³-hybridized carbons (Fsp3) is 0.647. The van der Waals surface area contributed by atoms with Gasteiger partial charge in [-0.05, 0) is 37.3 Å². The largest absolute Gasteiger partial charge is 0.381 e. The zero-order chi connectivity index (χ0) is 13.7. The summed E-state index contributed by atoms with van der Waals surface area (Å²) in [6.07, 6.45) is 7.73. The summed E-state index contributed by atoms with van der Waals surface area (Å²) in [6, 6.07) is 9.00. The number of hydrogen-bond donors (Lipinski definition) is 1. The number of benzene rings is 1. The molecule has 1 atom stereocenters. The highest BCUT2D eigenvalue weighted by molar-refractivity contribution is 5.31. The fourth-order valence-corrected chi connectivity index (χ4v) is 3.28. The maximum absolute atomic E-state index is 6.12. The molecule has 1 saturated carbocycles. The normalized spacial score (nSPS) is 20.2. The number of methoxy groups -OCH3 is 1. The predicted molar refractivity (Wildman–Crippen MR) is 80.4 cm³/mol. The van der Waals surface area contributed by atoms with Crippen molar-refractivity contribution in [3.63, 3.8) is 0 Å². The molecule has 2 nitrogen and oxygen atoms in total. The Hall–Kier alpha value is -0.860. The molecule has 106 valence electrons. The summed E-state index contributed by atoms with van der Waals surface area (Å²) in [5.74, 6) is 0. The smallest absolute Gasteiger partial charge is 0.0583 e. The summed E-state index contributed by atoms with van der Waals surface area (Å²) in [6.45, 7) is 2.89. The van der Waals surface area contributed by atoms with E-state index in [-0.39, 0.29) is 11.5 Å². The second-order valence-corrected chi connectivity index (χ2v) is 6.00. The van der Waals surface area contributed by atoms with Crippen molar-refractivity contribution in [1.82, 2.24) is 0 Å². The summed E-state index contributed by atoms with van der Waals surface area (Å²) < 4.78 is 5.37. The summed E-state index contributed by atoms with van der Waals surface area (Å²) >= 11 is 0. The molecule has 1 aliphatic rings. The second-order valence-electron chi connectivity index (χ2n) is 6.00. The van der Waals surface area contributed by atoms with E-state index in [9.17, 15) is 0 Å². The van der Waals surface area contributed by atoms with Gasteiger partial charge in [-0.2, -0.15) is 0 Å². The van der Waals surface area contributed by atoms with E-state index in [0.29, 0.717) is 0 Å². The summed E-state index contributed by atoms with van der Waals surface area (Å²) in [5, 5.41) is 0. The van der Waals surface area contributed by atoms with E-state index >= 15 is 0 Å². The third-order valence-electron chi connectivity index (χ3n) is 4.67. The van der Waals surface area contributed by atoms with Crippen molar-refractivity contribution in [3.8, 4) is 0 Å². The van der Waals surface area contributed by atoms with Crippen LogP contribution in [0.25, 0.3) is 0 Å².